The molecule has 0 aromatic heterocycles. The van der Waals surface area contributed by atoms with Crippen LogP contribution in [0, 0.1) is 61.6 Å². The van der Waals surface area contributed by atoms with E-state index in [0.29, 0.717) is 19.3 Å². The fourth-order valence-electron chi connectivity index (χ4n) is 10.8. The summed E-state index contributed by atoms with van der Waals surface area (Å²) in [6, 6.07) is 2.27. The van der Waals surface area contributed by atoms with Crippen molar-refractivity contribution in [2.45, 2.75) is 99.0 Å². The van der Waals surface area contributed by atoms with Crippen LogP contribution in [0.3, 0.4) is 0 Å². The second kappa shape index (κ2) is 6.74. The van der Waals surface area contributed by atoms with E-state index in [0.717, 1.165) is 36.8 Å². The van der Waals surface area contributed by atoms with Crippen molar-refractivity contribution < 1.29 is 19.5 Å². The molecule has 5 nitrogen and oxygen atoms in total. The Labute approximate surface area is 220 Å². The van der Waals surface area contributed by atoms with Gasteiger partial charge >= 0.3 is 0 Å². The second-order valence-corrected chi connectivity index (χ2v) is 15.3. The lowest BCUT2D eigenvalue weighted by atomic mass is 9.36. The third kappa shape index (κ3) is 2.53. The lowest BCUT2D eigenvalue weighted by Gasteiger charge is -2.67. The van der Waals surface area contributed by atoms with Gasteiger partial charge in [-0.2, -0.15) is 5.26 Å². The Hall–Kier alpha value is -2.06. The molecule has 1 N–H and O–H groups in total. The smallest absolute Gasteiger partial charge is 0.179 e. The van der Waals surface area contributed by atoms with Gasteiger partial charge in [-0.15, -0.1) is 0 Å². The summed E-state index contributed by atoms with van der Waals surface area (Å²) in [6.07, 6.45) is 8.93. The van der Waals surface area contributed by atoms with E-state index >= 15 is 0 Å². The fraction of sp³-hybridized carbons (Fsp3) is 0.750. The van der Waals surface area contributed by atoms with Gasteiger partial charge in [-0.3, -0.25) is 14.4 Å². The van der Waals surface area contributed by atoms with Crippen LogP contribution in [-0.4, -0.2) is 28.1 Å². The molecule has 0 aromatic rings. The van der Waals surface area contributed by atoms with E-state index in [1.54, 1.807) is 6.08 Å². The highest BCUT2D eigenvalue weighted by Crippen LogP contribution is 2.77. The van der Waals surface area contributed by atoms with Gasteiger partial charge in [0.2, 0.25) is 0 Å². The third-order valence-electron chi connectivity index (χ3n) is 12.9. The van der Waals surface area contributed by atoms with Crippen molar-refractivity contribution in [1.29, 1.82) is 5.26 Å². The maximum atomic E-state index is 14.2. The van der Waals surface area contributed by atoms with E-state index < -0.39 is 44.5 Å². The Kier molecular flexibility index (Phi) is 4.59. The first-order valence-corrected chi connectivity index (χ1v) is 14.2. The minimum Gasteiger partial charge on any atom is -0.377 e. The minimum atomic E-state index is -1.74. The molecule has 2 bridgehead atoms. The van der Waals surface area contributed by atoms with Crippen molar-refractivity contribution in [3.8, 4) is 6.07 Å². The van der Waals surface area contributed by atoms with E-state index in [4.69, 9.17) is 0 Å². The van der Waals surface area contributed by atoms with Gasteiger partial charge in [0, 0.05) is 5.41 Å². The number of hydrogen-bond acceptors (Lipinski definition) is 5. The average molecular weight is 504 g/mol. The predicted molar refractivity (Wildman–Crippen MR) is 139 cm³/mol. The molecule has 0 radical (unpaired) electrons. The van der Waals surface area contributed by atoms with E-state index in [-0.39, 0.29) is 28.7 Å². The standard InChI is InChI=1S/C32H41NO4/c1-26(2)10-12-31-13-11-30(7)23(32(37,25(31)36)22(31)16-26)19(34)14-21-28(5)15-18(17-33)24(35)27(3,4)20(28)8-9-29(21,30)6/h14,16,18,20,23,37H,8-13,15H2,1-7H3/t18?,20?,23?,28?,29?,30-,31?,32?/m1/s1. The number of nitrogens with zero attached hydrogens (tertiary/aromatic N) is 1. The predicted octanol–water partition coefficient (Wildman–Crippen LogP) is 5.52. The van der Waals surface area contributed by atoms with Crippen molar-refractivity contribution in [2.24, 2.45) is 50.2 Å². The van der Waals surface area contributed by atoms with Crippen LogP contribution in [0.2, 0.25) is 0 Å². The Bertz CT molecular complexity index is 1280. The van der Waals surface area contributed by atoms with Gasteiger partial charge in [0.15, 0.2) is 23.0 Å². The number of nitriles is 1. The summed E-state index contributed by atoms with van der Waals surface area (Å²) in [5, 5.41) is 22.2. The number of allylic oxidation sites excluding steroid dienone is 3. The number of fused-ring (bicyclic) bond motifs is 6. The van der Waals surface area contributed by atoms with Crippen molar-refractivity contribution in [1.82, 2.24) is 0 Å². The molecule has 4 fully saturated rings. The molecule has 6 rings (SSSR count). The average Bonchev–Trinajstić information content (AvgIpc) is 2.96. The quantitative estimate of drug-likeness (QED) is 0.439. The van der Waals surface area contributed by atoms with Crippen LogP contribution in [0.5, 0.6) is 0 Å². The van der Waals surface area contributed by atoms with Crippen molar-refractivity contribution in [2.75, 3.05) is 0 Å². The Morgan fingerprint density at radius 3 is 2.22 bits per heavy atom. The van der Waals surface area contributed by atoms with Gasteiger partial charge in [0.05, 0.1) is 17.4 Å². The van der Waals surface area contributed by atoms with Crippen LogP contribution in [0.1, 0.15) is 93.4 Å². The summed E-state index contributed by atoms with van der Waals surface area (Å²) in [5.74, 6) is -1.74. The SMILES string of the molecule is CC1(C)C=C2C3(CC1)CC[C@]1(C)C(C(=O)C=C4C5(C)CC(C#N)C(=O)C(C)(C)C5CCC41C)C2(O)C3=O. The maximum Gasteiger partial charge on any atom is 0.179 e. The van der Waals surface area contributed by atoms with Crippen molar-refractivity contribution in [3.05, 3.63) is 23.3 Å². The minimum absolute atomic E-state index is 0.0147. The Morgan fingerprint density at radius 1 is 0.919 bits per heavy atom. The molecule has 7 unspecified atom stereocenters. The zero-order valence-corrected chi connectivity index (χ0v) is 23.5. The number of hydrogen-bond donors (Lipinski definition) is 1. The summed E-state index contributed by atoms with van der Waals surface area (Å²) in [6.45, 7) is 14.8. The summed E-state index contributed by atoms with van der Waals surface area (Å²) in [4.78, 5) is 41.4. The van der Waals surface area contributed by atoms with Gasteiger partial charge in [-0.1, -0.05) is 60.1 Å². The van der Waals surface area contributed by atoms with Gasteiger partial charge in [0.1, 0.15) is 5.92 Å². The zero-order chi connectivity index (χ0) is 27.2. The van der Waals surface area contributed by atoms with Crippen LogP contribution in [0.4, 0.5) is 0 Å². The molecule has 6 aliphatic carbocycles. The molecular formula is C32H41NO4. The number of rotatable bonds is 0. The van der Waals surface area contributed by atoms with E-state index in [2.05, 4.69) is 46.8 Å². The van der Waals surface area contributed by atoms with Crippen molar-refractivity contribution in [3.63, 3.8) is 0 Å². The van der Waals surface area contributed by atoms with Crippen LogP contribution in [0.15, 0.2) is 23.3 Å². The molecule has 0 spiro atoms. The molecule has 198 valence electrons. The van der Waals surface area contributed by atoms with E-state index in [1.807, 2.05) is 13.8 Å². The number of carbonyl (C=O) groups is 3. The molecule has 0 amide bonds. The largest absolute Gasteiger partial charge is 0.377 e. The van der Waals surface area contributed by atoms with Crippen LogP contribution < -0.4 is 0 Å². The first-order chi connectivity index (χ1) is 17.0. The molecule has 37 heavy (non-hydrogen) atoms. The maximum absolute atomic E-state index is 14.2. The normalized spacial score (nSPS) is 51.1. The van der Waals surface area contributed by atoms with Gasteiger partial charge in [-0.25, -0.2) is 0 Å². The fourth-order valence-corrected chi connectivity index (χ4v) is 10.8. The molecule has 0 heterocycles. The topological polar surface area (TPSA) is 95.2 Å². The first-order valence-electron chi connectivity index (χ1n) is 14.2. The molecule has 0 saturated heterocycles. The van der Waals surface area contributed by atoms with Gasteiger partial charge in [0.25, 0.3) is 0 Å². The van der Waals surface area contributed by atoms with E-state index in [1.165, 1.54) is 0 Å². The highest BCUT2D eigenvalue weighted by Gasteiger charge is 2.79. The monoisotopic (exact) mass is 503 g/mol. The van der Waals surface area contributed by atoms with Gasteiger partial charge in [-0.05, 0) is 84.2 Å². The summed E-state index contributed by atoms with van der Waals surface area (Å²) in [5.41, 5.74) is -2.78. The summed E-state index contributed by atoms with van der Waals surface area (Å²) >= 11 is 0. The van der Waals surface area contributed by atoms with Crippen molar-refractivity contribution >= 4 is 17.3 Å². The number of aliphatic hydroxyl groups is 1. The molecule has 6 aliphatic rings. The lowest BCUT2D eigenvalue weighted by molar-refractivity contribution is -0.181. The Balaban J connectivity index is 1.55. The number of Topliss-reactive ketones (excluding diaryl/α,β-unsaturated/α-hetero) is 2. The van der Waals surface area contributed by atoms with Crippen LogP contribution in [0.25, 0.3) is 0 Å². The summed E-state index contributed by atoms with van der Waals surface area (Å²) < 4.78 is 0. The third-order valence-corrected chi connectivity index (χ3v) is 12.9. The van der Waals surface area contributed by atoms with Crippen LogP contribution in [-0.2, 0) is 14.4 Å². The van der Waals surface area contributed by atoms with Crippen LogP contribution >= 0.6 is 0 Å². The second-order valence-electron chi connectivity index (χ2n) is 15.3. The van der Waals surface area contributed by atoms with E-state index in [9.17, 15) is 24.8 Å². The first kappa shape index (κ1) is 25.2. The molecule has 8 atom stereocenters. The number of carbonyl (C=O) groups excluding carboxylic acids is 3. The highest BCUT2D eigenvalue weighted by atomic mass is 16.3. The zero-order valence-electron chi connectivity index (χ0n) is 23.5. The highest BCUT2D eigenvalue weighted by molar-refractivity contribution is 6.13. The molecular weight excluding hydrogens is 462 g/mol. The van der Waals surface area contributed by atoms with Gasteiger partial charge < -0.3 is 5.11 Å². The molecule has 0 aromatic carbocycles. The summed E-state index contributed by atoms with van der Waals surface area (Å²) in [7, 11) is 0. The number of ketones is 3. The molecule has 0 aliphatic heterocycles. The molecule has 5 heteroatoms. The molecule has 4 saturated carbocycles. The Morgan fingerprint density at radius 2 is 1.57 bits per heavy atom. The lowest BCUT2D eigenvalue weighted by Crippen LogP contribution is -2.72.